The first-order valence-corrected chi connectivity index (χ1v) is 9.73. The highest BCUT2D eigenvalue weighted by Gasteiger charge is 2.21. The van der Waals surface area contributed by atoms with Crippen molar-refractivity contribution in [2.45, 2.75) is 13.0 Å². The van der Waals surface area contributed by atoms with Crippen LogP contribution in [0.25, 0.3) is 21.3 Å². The number of fused-ring (bicyclic) bond motifs is 1. The zero-order chi connectivity index (χ0) is 18.8. The molecule has 1 aromatic heterocycles. The molecule has 0 aliphatic heterocycles. The minimum atomic E-state index is -0.0799. The molecule has 134 valence electrons. The Bertz CT molecular complexity index is 1040. The molecule has 0 unspecified atom stereocenters. The molecule has 0 bridgehead atoms. The summed E-state index contributed by atoms with van der Waals surface area (Å²) in [6.45, 7) is 2.02. The van der Waals surface area contributed by atoms with Crippen LogP contribution in [0.5, 0.6) is 0 Å². The first kappa shape index (κ1) is 17.4. The molecular weight excluding hydrogens is 352 g/mol. The third-order valence-electron chi connectivity index (χ3n) is 4.81. The second kappa shape index (κ2) is 7.33. The SMILES string of the molecule is C[C@@H](c1nc2ccccc2s1)N(C)C(=O)c1ccc(-c2ccccc2)cc1. The Morgan fingerprint density at radius 2 is 1.52 bits per heavy atom. The fourth-order valence-electron chi connectivity index (χ4n) is 3.05. The third kappa shape index (κ3) is 3.49. The van der Waals surface area contributed by atoms with Crippen LogP contribution in [-0.4, -0.2) is 22.8 Å². The largest absolute Gasteiger partial charge is 0.333 e. The number of hydrogen-bond donors (Lipinski definition) is 0. The molecule has 3 nitrogen and oxygen atoms in total. The molecule has 0 saturated heterocycles. The standard InChI is InChI=1S/C23H20N2OS/c1-16(22-24-20-10-6-7-11-21(20)27-22)25(2)23(26)19-14-12-18(13-15-19)17-8-4-3-5-9-17/h3-16H,1-2H3/t16-/m0/s1. The minimum absolute atomic E-state index is 0.00127. The lowest BCUT2D eigenvalue weighted by atomic mass is 10.0. The van der Waals surface area contributed by atoms with E-state index in [9.17, 15) is 4.79 Å². The molecule has 1 atom stereocenters. The molecule has 0 spiro atoms. The fourth-order valence-corrected chi connectivity index (χ4v) is 4.11. The maximum Gasteiger partial charge on any atom is 0.254 e. The Labute approximate surface area is 162 Å². The lowest BCUT2D eigenvalue weighted by molar-refractivity contribution is 0.0742. The molecule has 4 heteroatoms. The first-order valence-electron chi connectivity index (χ1n) is 8.91. The topological polar surface area (TPSA) is 33.2 Å². The summed E-state index contributed by atoms with van der Waals surface area (Å²) in [4.78, 5) is 19.4. The van der Waals surface area contributed by atoms with Crippen LogP contribution in [0.15, 0.2) is 78.9 Å². The Hall–Kier alpha value is -2.98. The van der Waals surface area contributed by atoms with E-state index in [1.54, 1.807) is 16.2 Å². The highest BCUT2D eigenvalue weighted by Crippen LogP contribution is 2.29. The summed E-state index contributed by atoms with van der Waals surface area (Å²) in [5.41, 5.74) is 3.92. The van der Waals surface area contributed by atoms with Crippen molar-refractivity contribution in [1.29, 1.82) is 0 Å². The number of rotatable bonds is 4. The van der Waals surface area contributed by atoms with E-state index in [0.717, 1.165) is 26.4 Å². The van der Waals surface area contributed by atoms with Crippen molar-refractivity contribution in [2.75, 3.05) is 7.05 Å². The summed E-state index contributed by atoms with van der Waals surface area (Å²) in [6, 6.07) is 25.9. The van der Waals surface area contributed by atoms with E-state index in [1.807, 2.05) is 74.6 Å². The molecule has 27 heavy (non-hydrogen) atoms. The molecule has 3 aromatic carbocycles. The van der Waals surface area contributed by atoms with Gasteiger partial charge in [-0.1, -0.05) is 54.6 Å². The van der Waals surface area contributed by atoms with Gasteiger partial charge in [-0.3, -0.25) is 4.79 Å². The van der Waals surface area contributed by atoms with Crippen molar-refractivity contribution in [3.63, 3.8) is 0 Å². The Kier molecular flexibility index (Phi) is 4.73. The fraction of sp³-hybridized carbons (Fsp3) is 0.130. The van der Waals surface area contributed by atoms with E-state index in [4.69, 9.17) is 0 Å². The van der Waals surface area contributed by atoms with Crippen LogP contribution in [0.3, 0.4) is 0 Å². The molecule has 1 heterocycles. The number of nitrogens with zero attached hydrogens (tertiary/aromatic N) is 2. The zero-order valence-electron chi connectivity index (χ0n) is 15.3. The summed E-state index contributed by atoms with van der Waals surface area (Å²) in [5, 5.41) is 0.952. The maximum atomic E-state index is 12.9. The van der Waals surface area contributed by atoms with E-state index in [1.165, 1.54) is 0 Å². The molecular formula is C23H20N2OS. The van der Waals surface area contributed by atoms with E-state index < -0.39 is 0 Å². The number of thiazole rings is 1. The van der Waals surface area contributed by atoms with E-state index in [-0.39, 0.29) is 11.9 Å². The van der Waals surface area contributed by atoms with Gasteiger partial charge in [0.25, 0.3) is 5.91 Å². The highest BCUT2D eigenvalue weighted by atomic mass is 32.1. The van der Waals surface area contributed by atoms with Gasteiger partial charge in [-0.2, -0.15) is 0 Å². The van der Waals surface area contributed by atoms with Crippen molar-refractivity contribution in [3.05, 3.63) is 89.4 Å². The lowest BCUT2D eigenvalue weighted by Gasteiger charge is -2.23. The van der Waals surface area contributed by atoms with Gasteiger partial charge in [0.1, 0.15) is 5.01 Å². The Morgan fingerprint density at radius 1 is 0.889 bits per heavy atom. The quantitative estimate of drug-likeness (QED) is 0.454. The van der Waals surface area contributed by atoms with E-state index >= 15 is 0 Å². The van der Waals surface area contributed by atoms with Gasteiger partial charge in [0.15, 0.2) is 0 Å². The van der Waals surface area contributed by atoms with Gasteiger partial charge in [-0.25, -0.2) is 4.98 Å². The maximum absolute atomic E-state index is 12.9. The molecule has 4 rings (SSSR count). The van der Waals surface area contributed by atoms with Gasteiger partial charge in [0.2, 0.25) is 0 Å². The smallest absolute Gasteiger partial charge is 0.254 e. The highest BCUT2D eigenvalue weighted by molar-refractivity contribution is 7.18. The van der Waals surface area contributed by atoms with Crippen LogP contribution in [-0.2, 0) is 0 Å². The van der Waals surface area contributed by atoms with Crippen molar-refractivity contribution in [1.82, 2.24) is 9.88 Å². The second-order valence-electron chi connectivity index (χ2n) is 6.56. The summed E-state index contributed by atoms with van der Waals surface area (Å²) < 4.78 is 1.15. The minimum Gasteiger partial charge on any atom is -0.333 e. The summed E-state index contributed by atoms with van der Waals surface area (Å²) in [7, 11) is 1.84. The summed E-state index contributed by atoms with van der Waals surface area (Å²) >= 11 is 1.64. The van der Waals surface area contributed by atoms with Crippen molar-refractivity contribution in [3.8, 4) is 11.1 Å². The number of para-hydroxylation sites is 1. The number of carbonyl (C=O) groups is 1. The van der Waals surface area contributed by atoms with Crippen LogP contribution in [0, 0.1) is 0 Å². The van der Waals surface area contributed by atoms with Crippen LogP contribution in [0.4, 0.5) is 0 Å². The van der Waals surface area contributed by atoms with Crippen LogP contribution < -0.4 is 0 Å². The Balaban J connectivity index is 1.54. The van der Waals surface area contributed by atoms with Gasteiger partial charge < -0.3 is 4.90 Å². The van der Waals surface area contributed by atoms with Crippen LogP contribution in [0.2, 0.25) is 0 Å². The number of aromatic nitrogens is 1. The second-order valence-corrected chi connectivity index (χ2v) is 7.62. The summed E-state index contributed by atoms with van der Waals surface area (Å²) in [5.74, 6) is 0.00127. The van der Waals surface area contributed by atoms with Crippen molar-refractivity contribution in [2.24, 2.45) is 0 Å². The van der Waals surface area contributed by atoms with E-state index in [0.29, 0.717) is 5.56 Å². The molecule has 0 N–H and O–H groups in total. The molecule has 4 aromatic rings. The van der Waals surface area contributed by atoms with Crippen molar-refractivity contribution < 1.29 is 4.79 Å². The van der Waals surface area contributed by atoms with Gasteiger partial charge in [0.05, 0.1) is 16.3 Å². The van der Waals surface area contributed by atoms with Gasteiger partial charge >= 0.3 is 0 Å². The lowest BCUT2D eigenvalue weighted by Crippen LogP contribution is -2.29. The number of carbonyl (C=O) groups excluding carboxylic acids is 1. The van der Waals surface area contributed by atoms with Crippen molar-refractivity contribution >= 4 is 27.5 Å². The third-order valence-corrected chi connectivity index (χ3v) is 6.01. The molecule has 0 saturated carbocycles. The zero-order valence-corrected chi connectivity index (χ0v) is 16.1. The van der Waals surface area contributed by atoms with E-state index in [2.05, 4.69) is 23.2 Å². The normalized spacial score (nSPS) is 12.1. The number of hydrogen-bond acceptors (Lipinski definition) is 3. The van der Waals surface area contributed by atoms with Gasteiger partial charge in [0, 0.05) is 12.6 Å². The van der Waals surface area contributed by atoms with Crippen LogP contribution in [0.1, 0.15) is 28.3 Å². The van der Waals surface area contributed by atoms with Gasteiger partial charge in [-0.15, -0.1) is 11.3 Å². The predicted octanol–water partition coefficient (Wildman–Crippen LogP) is 5.80. The monoisotopic (exact) mass is 372 g/mol. The number of amides is 1. The summed E-state index contributed by atoms with van der Waals surface area (Å²) in [6.07, 6.45) is 0. The molecule has 0 aliphatic rings. The predicted molar refractivity (Wildman–Crippen MR) is 112 cm³/mol. The van der Waals surface area contributed by atoms with Gasteiger partial charge in [-0.05, 0) is 42.3 Å². The molecule has 0 radical (unpaired) electrons. The first-order chi connectivity index (χ1) is 13.1. The van der Waals surface area contributed by atoms with Crippen LogP contribution >= 0.6 is 11.3 Å². The molecule has 1 amide bonds. The average molecular weight is 372 g/mol. The average Bonchev–Trinajstić information content (AvgIpc) is 3.17. The Morgan fingerprint density at radius 3 is 2.22 bits per heavy atom. The molecule has 0 fully saturated rings. The molecule has 0 aliphatic carbocycles. The number of benzene rings is 3.